The van der Waals surface area contributed by atoms with Crippen molar-refractivity contribution >= 4 is 11.6 Å². The fourth-order valence-electron chi connectivity index (χ4n) is 2.02. The van der Waals surface area contributed by atoms with Crippen molar-refractivity contribution in [3.8, 4) is 5.75 Å². The Kier molecular flexibility index (Phi) is 2.73. The molecule has 0 bridgehead atoms. The third-order valence-electron chi connectivity index (χ3n) is 3.15. The molecule has 1 aromatic rings. The average molecular weight is 220 g/mol. The number of phenols is 1. The summed E-state index contributed by atoms with van der Waals surface area (Å²) >= 11 is 0. The van der Waals surface area contributed by atoms with Crippen LogP contribution in [0, 0.1) is 12.8 Å². The first-order valence-electron chi connectivity index (χ1n) is 5.42. The van der Waals surface area contributed by atoms with Crippen LogP contribution in [0.4, 0.5) is 5.69 Å². The largest absolute Gasteiger partial charge is 0.508 e. The Balaban J connectivity index is 2.14. The summed E-state index contributed by atoms with van der Waals surface area (Å²) in [4.78, 5) is 13.1. The third-order valence-corrected chi connectivity index (χ3v) is 3.15. The van der Waals surface area contributed by atoms with E-state index in [1.165, 1.54) is 0 Å². The number of amides is 1. The van der Waals surface area contributed by atoms with Crippen LogP contribution in [0.1, 0.15) is 12.0 Å². The summed E-state index contributed by atoms with van der Waals surface area (Å²) in [5.41, 5.74) is 7.08. The Morgan fingerprint density at radius 1 is 1.56 bits per heavy atom. The number of nitrogens with two attached hydrogens (primary N) is 1. The van der Waals surface area contributed by atoms with E-state index in [0.29, 0.717) is 12.3 Å². The SMILES string of the molecule is Cc1ccc(N2CCC(C(N)=O)C2)cc1O. The van der Waals surface area contributed by atoms with Crippen molar-refractivity contribution in [2.24, 2.45) is 11.7 Å². The fourth-order valence-corrected chi connectivity index (χ4v) is 2.02. The summed E-state index contributed by atoms with van der Waals surface area (Å²) in [6, 6.07) is 5.57. The molecule has 2 rings (SSSR count). The Bertz CT molecular complexity index is 417. The second kappa shape index (κ2) is 4.04. The molecule has 1 heterocycles. The fraction of sp³-hybridized carbons (Fsp3) is 0.417. The van der Waals surface area contributed by atoms with Gasteiger partial charge in [-0.05, 0) is 25.0 Å². The van der Waals surface area contributed by atoms with Crippen LogP contribution in [0.25, 0.3) is 0 Å². The van der Waals surface area contributed by atoms with Crippen molar-refractivity contribution in [1.82, 2.24) is 0 Å². The molecule has 1 fully saturated rings. The maximum Gasteiger partial charge on any atom is 0.222 e. The van der Waals surface area contributed by atoms with E-state index in [2.05, 4.69) is 4.90 Å². The maximum absolute atomic E-state index is 11.0. The second-order valence-electron chi connectivity index (χ2n) is 4.30. The maximum atomic E-state index is 11.0. The normalized spacial score (nSPS) is 20.1. The van der Waals surface area contributed by atoms with Crippen LogP contribution in [0.5, 0.6) is 5.75 Å². The van der Waals surface area contributed by atoms with Gasteiger partial charge in [-0.3, -0.25) is 4.79 Å². The van der Waals surface area contributed by atoms with Gasteiger partial charge in [-0.1, -0.05) is 6.07 Å². The van der Waals surface area contributed by atoms with Gasteiger partial charge in [0.2, 0.25) is 5.91 Å². The highest BCUT2D eigenvalue weighted by Crippen LogP contribution is 2.28. The third kappa shape index (κ3) is 1.96. The molecule has 0 aliphatic carbocycles. The number of aromatic hydroxyl groups is 1. The number of aryl methyl sites for hydroxylation is 1. The minimum absolute atomic E-state index is 0.0663. The van der Waals surface area contributed by atoms with Crippen molar-refractivity contribution in [2.75, 3.05) is 18.0 Å². The summed E-state index contributed by atoms with van der Waals surface area (Å²) in [6.45, 7) is 3.32. The van der Waals surface area contributed by atoms with Crippen LogP contribution in [0.15, 0.2) is 18.2 Å². The molecule has 1 amide bonds. The predicted octanol–water partition coefficient (Wildman–Crippen LogP) is 1.01. The first kappa shape index (κ1) is 10.8. The molecule has 1 saturated heterocycles. The number of rotatable bonds is 2. The lowest BCUT2D eigenvalue weighted by atomic mass is 10.1. The van der Waals surface area contributed by atoms with Crippen molar-refractivity contribution in [1.29, 1.82) is 0 Å². The molecular formula is C12H16N2O2. The molecule has 0 aromatic heterocycles. The molecule has 3 N–H and O–H groups in total. The highest BCUT2D eigenvalue weighted by Gasteiger charge is 2.26. The zero-order valence-corrected chi connectivity index (χ0v) is 9.31. The monoisotopic (exact) mass is 220 g/mol. The van der Waals surface area contributed by atoms with Gasteiger partial charge in [0, 0.05) is 24.8 Å². The first-order chi connectivity index (χ1) is 7.58. The predicted molar refractivity (Wildman–Crippen MR) is 62.4 cm³/mol. The smallest absolute Gasteiger partial charge is 0.222 e. The Labute approximate surface area is 94.7 Å². The number of phenolic OH excluding ortho intramolecular Hbond substituents is 1. The molecule has 1 unspecified atom stereocenters. The van der Waals surface area contributed by atoms with Crippen molar-refractivity contribution in [2.45, 2.75) is 13.3 Å². The van der Waals surface area contributed by atoms with Gasteiger partial charge in [-0.2, -0.15) is 0 Å². The first-order valence-corrected chi connectivity index (χ1v) is 5.42. The molecule has 0 spiro atoms. The summed E-state index contributed by atoms with van der Waals surface area (Å²) < 4.78 is 0. The van der Waals surface area contributed by atoms with Gasteiger partial charge in [-0.25, -0.2) is 0 Å². The number of benzene rings is 1. The van der Waals surface area contributed by atoms with Crippen LogP contribution in [0.2, 0.25) is 0 Å². The van der Waals surface area contributed by atoms with Crippen LogP contribution < -0.4 is 10.6 Å². The van der Waals surface area contributed by atoms with E-state index in [-0.39, 0.29) is 11.8 Å². The number of primary amides is 1. The second-order valence-corrected chi connectivity index (χ2v) is 4.30. The number of hydrogen-bond donors (Lipinski definition) is 2. The van der Waals surface area contributed by atoms with E-state index in [9.17, 15) is 9.90 Å². The van der Waals surface area contributed by atoms with Gasteiger partial charge >= 0.3 is 0 Å². The van der Waals surface area contributed by atoms with Gasteiger partial charge in [0.1, 0.15) is 5.75 Å². The lowest BCUT2D eigenvalue weighted by molar-refractivity contribution is -0.121. The number of carbonyl (C=O) groups is 1. The zero-order valence-electron chi connectivity index (χ0n) is 9.31. The van der Waals surface area contributed by atoms with Crippen LogP contribution in [-0.2, 0) is 4.79 Å². The molecule has 0 radical (unpaired) electrons. The Morgan fingerprint density at radius 3 is 2.88 bits per heavy atom. The van der Waals surface area contributed by atoms with Crippen LogP contribution >= 0.6 is 0 Å². The van der Waals surface area contributed by atoms with E-state index >= 15 is 0 Å². The molecule has 1 aliphatic rings. The number of nitrogens with zero attached hydrogens (tertiary/aromatic N) is 1. The highest BCUT2D eigenvalue weighted by molar-refractivity contribution is 5.78. The molecule has 86 valence electrons. The molecule has 1 aliphatic heterocycles. The van der Waals surface area contributed by atoms with Gasteiger partial charge in [0.25, 0.3) is 0 Å². The van der Waals surface area contributed by atoms with Crippen molar-refractivity contribution in [3.05, 3.63) is 23.8 Å². The van der Waals surface area contributed by atoms with E-state index in [4.69, 9.17) is 5.73 Å². The standard InChI is InChI=1S/C12H16N2O2/c1-8-2-3-10(6-11(8)15)14-5-4-9(7-14)12(13)16/h2-3,6,9,15H,4-5,7H2,1H3,(H2,13,16). The van der Waals surface area contributed by atoms with E-state index in [0.717, 1.165) is 24.2 Å². The zero-order chi connectivity index (χ0) is 11.7. The molecule has 0 saturated carbocycles. The molecule has 4 nitrogen and oxygen atoms in total. The van der Waals surface area contributed by atoms with Crippen LogP contribution in [0.3, 0.4) is 0 Å². The van der Waals surface area contributed by atoms with Gasteiger partial charge < -0.3 is 15.7 Å². The minimum atomic E-state index is -0.237. The van der Waals surface area contributed by atoms with Gasteiger partial charge in [0.05, 0.1) is 5.92 Å². The quantitative estimate of drug-likeness (QED) is 0.781. The summed E-state index contributed by atoms with van der Waals surface area (Å²) in [6.07, 6.45) is 0.796. The lowest BCUT2D eigenvalue weighted by Crippen LogP contribution is -2.27. The number of anilines is 1. The molecule has 16 heavy (non-hydrogen) atoms. The van der Waals surface area contributed by atoms with Crippen molar-refractivity contribution in [3.63, 3.8) is 0 Å². The van der Waals surface area contributed by atoms with Crippen molar-refractivity contribution < 1.29 is 9.90 Å². The molecule has 1 atom stereocenters. The number of hydrogen-bond acceptors (Lipinski definition) is 3. The van der Waals surface area contributed by atoms with Gasteiger partial charge in [0.15, 0.2) is 0 Å². The summed E-state index contributed by atoms with van der Waals surface area (Å²) in [7, 11) is 0. The number of carbonyl (C=O) groups excluding carboxylic acids is 1. The average Bonchev–Trinajstić information content (AvgIpc) is 2.71. The Hall–Kier alpha value is -1.71. The molecule has 4 heteroatoms. The van der Waals surface area contributed by atoms with E-state index < -0.39 is 0 Å². The highest BCUT2D eigenvalue weighted by atomic mass is 16.3. The Morgan fingerprint density at radius 2 is 2.31 bits per heavy atom. The molecule has 1 aromatic carbocycles. The summed E-state index contributed by atoms with van der Waals surface area (Å²) in [5.74, 6) is -0.0118. The van der Waals surface area contributed by atoms with E-state index in [1.54, 1.807) is 6.07 Å². The van der Waals surface area contributed by atoms with Gasteiger partial charge in [-0.15, -0.1) is 0 Å². The topological polar surface area (TPSA) is 66.6 Å². The summed E-state index contributed by atoms with van der Waals surface area (Å²) in [5, 5.41) is 9.62. The van der Waals surface area contributed by atoms with Crippen LogP contribution in [-0.4, -0.2) is 24.1 Å². The van der Waals surface area contributed by atoms with E-state index in [1.807, 2.05) is 19.1 Å². The lowest BCUT2D eigenvalue weighted by Gasteiger charge is -2.18. The minimum Gasteiger partial charge on any atom is -0.508 e. The molecular weight excluding hydrogens is 204 g/mol.